The van der Waals surface area contributed by atoms with Gasteiger partial charge in [-0.15, -0.1) is 23.5 Å². The van der Waals surface area contributed by atoms with Gasteiger partial charge in [-0.25, -0.2) is 9.97 Å². The summed E-state index contributed by atoms with van der Waals surface area (Å²) in [5.41, 5.74) is 1.12. The molecule has 2 aliphatic rings. The van der Waals surface area contributed by atoms with Crippen LogP contribution in [0.15, 0.2) is 0 Å². The topological polar surface area (TPSA) is 58.0 Å². The van der Waals surface area contributed by atoms with E-state index in [0.29, 0.717) is 22.1 Å². The molecule has 0 spiro atoms. The number of fused-ring (bicyclic) bond motifs is 1. The molecule has 0 radical (unpaired) electrons. The fraction of sp³-hybridized carbons (Fsp3) is 0.500. The van der Waals surface area contributed by atoms with Gasteiger partial charge in [-0.1, -0.05) is 11.6 Å². The maximum absolute atomic E-state index is 6.36. The Morgan fingerprint density at radius 3 is 2.14 bits per heavy atom. The smallest absolute Gasteiger partial charge is 0.226 e. The standard InChI is InChI=1S/C12H12Cl2N6S2/c13-8-11(20-2-4-22-6-20)16-9-7(15-8)10(18-12(14)17-9)19-1-3-21-5-19/h1-6H2. The Morgan fingerprint density at radius 1 is 0.818 bits per heavy atom. The van der Waals surface area contributed by atoms with Gasteiger partial charge in [0.05, 0.1) is 11.8 Å². The first-order chi connectivity index (χ1) is 10.7. The molecule has 2 aliphatic heterocycles. The molecule has 0 unspecified atom stereocenters. The lowest BCUT2D eigenvalue weighted by atomic mass is 10.4. The minimum atomic E-state index is 0.192. The largest absolute Gasteiger partial charge is 0.345 e. The molecule has 0 aromatic carbocycles. The number of hydrogen-bond donors (Lipinski definition) is 0. The molecule has 10 heteroatoms. The van der Waals surface area contributed by atoms with E-state index < -0.39 is 0 Å². The van der Waals surface area contributed by atoms with Gasteiger partial charge >= 0.3 is 0 Å². The summed E-state index contributed by atoms with van der Waals surface area (Å²) < 4.78 is 0. The first-order valence-corrected chi connectivity index (χ1v) is 9.85. The van der Waals surface area contributed by atoms with Gasteiger partial charge in [-0.05, 0) is 11.6 Å². The summed E-state index contributed by atoms with van der Waals surface area (Å²) >= 11 is 16.1. The third-order valence-corrected chi connectivity index (χ3v) is 5.88. The molecular formula is C12H12Cl2N6S2. The minimum absolute atomic E-state index is 0.192. The van der Waals surface area contributed by atoms with Crippen molar-refractivity contribution in [1.82, 2.24) is 19.9 Å². The number of thioether (sulfide) groups is 2. The van der Waals surface area contributed by atoms with Crippen LogP contribution in [0.25, 0.3) is 11.2 Å². The first-order valence-electron chi connectivity index (χ1n) is 6.78. The van der Waals surface area contributed by atoms with Gasteiger partial charge in [-0.2, -0.15) is 9.97 Å². The molecule has 6 nitrogen and oxygen atoms in total. The second kappa shape index (κ2) is 6.07. The van der Waals surface area contributed by atoms with Gasteiger partial charge in [0.2, 0.25) is 5.28 Å². The third-order valence-electron chi connectivity index (χ3n) is 3.53. The quantitative estimate of drug-likeness (QED) is 0.743. The normalized spacial score (nSPS) is 18.6. The number of rotatable bonds is 2. The van der Waals surface area contributed by atoms with Crippen molar-refractivity contribution < 1.29 is 0 Å². The summed E-state index contributed by atoms with van der Waals surface area (Å²) in [6, 6.07) is 0. The molecule has 116 valence electrons. The van der Waals surface area contributed by atoms with E-state index >= 15 is 0 Å². The van der Waals surface area contributed by atoms with Crippen molar-refractivity contribution in [2.75, 3.05) is 46.1 Å². The number of nitrogens with zero attached hydrogens (tertiary/aromatic N) is 6. The summed E-state index contributed by atoms with van der Waals surface area (Å²) in [4.78, 5) is 21.9. The molecule has 0 saturated carbocycles. The molecule has 4 heterocycles. The lowest BCUT2D eigenvalue weighted by molar-refractivity contribution is 0.937. The van der Waals surface area contributed by atoms with E-state index in [1.54, 1.807) is 0 Å². The lowest BCUT2D eigenvalue weighted by Gasteiger charge is -2.19. The molecule has 4 rings (SSSR count). The summed E-state index contributed by atoms with van der Waals surface area (Å²) in [7, 11) is 0. The predicted molar refractivity (Wildman–Crippen MR) is 94.5 cm³/mol. The van der Waals surface area contributed by atoms with Crippen molar-refractivity contribution in [3.63, 3.8) is 0 Å². The maximum atomic E-state index is 6.36. The Hall–Kier alpha value is -0.700. The van der Waals surface area contributed by atoms with E-state index in [2.05, 4.69) is 29.7 Å². The highest BCUT2D eigenvalue weighted by Crippen LogP contribution is 2.32. The van der Waals surface area contributed by atoms with Crippen molar-refractivity contribution >= 4 is 69.5 Å². The molecule has 2 aromatic heterocycles. The second-order valence-electron chi connectivity index (χ2n) is 4.93. The van der Waals surface area contributed by atoms with Crippen LogP contribution in [0.5, 0.6) is 0 Å². The fourth-order valence-electron chi connectivity index (χ4n) is 2.46. The first kappa shape index (κ1) is 14.9. The van der Waals surface area contributed by atoms with E-state index in [4.69, 9.17) is 23.2 Å². The second-order valence-corrected chi connectivity index (χ2v) is 7.77. The Labute approximate surface area is 146 Å². The fourth-order valence-corrected chi connectivity index (χ4v) is 4.77. The molecule has 2 saturated heterocycles. The Balaban J connectivity index is 1.86. The van der Waals surface area contributed by atoms with E-state index in [1.165, 1.54) is 0 Å². The van der Waals surface area contributed by atoms with Gasteiger partial charge in [0, 0.05) is 24.6 Å². The minimum Gasteiger partial charge on any atom is -0.345 e. The van der Waals surface area contributed by atoms with Crippen molar-refractivity contribution in [2.24, 2.45) is 0 Å². The van der Waals surface area contributed by atoms with Crippen molar-refractivity contribution in [1.29, 1.82) is 0 Å². The predicted octanol–water partition coefficient (Wildman–Crippen LogP) is 2.75. The van der Waals surface area contributed by atoms with E-state index in [9.17, 15) is 0 Å². The molecule has 0 N–H and O–H groups in total. The van der Waals surface area contributed by atoms with Gasteiger partial charge in [-0.3, -0.25) is 0 Å². The average molecular weight is 375 g/mol. The summed E-state index contributed by atoms with van der Waals surface area (Å²) in [6.07, 6.45) is 0. The number of hydrogen-bond acceptors (Lipinski definition) is 8. The zero-order valence-corrected chi connectivity index (χ0v) is 14.6. The number of anilines is 2. The Kier molecular flexibility index (Phi) is 4.10. The Bertz CT molecular complexity index is 718. The average Bonchev–Trinajstić information content (AvgIpc) is 3.19. The number of halogens is 2. The van der Waals surface area contributed by atoms with Crippen LogP contribution in [0.3, 0.4) is 0 Å². The highest BCUT2D eigenvalue weighted by Gasteiger charge is 2.24. The van der Waals surface area contributed by atoms with E-state index in [0.717, 1.165) is 42.2 Å². The summed E-state index contributed by atoms with van der Waals surface area (Å²) in [6.45, 7) is 1.83. The van der Waals surface area contributed by atoms with Gasteiger partial charge in [0.25, 0.3) is 0 Å². The number of aromatic nitrogens is 4. The maximum Gasteiger partial charge on any atom is 0.226 e. The SMILES string of the molecule is Clc1nc(N2CCSC2)c2nc(Cl)c(N3CCSC3)nc2n1. The molecule has 0 aliphatic carbocycles. The highest BCUT2D eigenvalue weighted by molar-refractivity contribution is 7.99. The zero-order chi connectivity index (χ0) is 15.1. The van der Waals surface area contributed by atoms with Crippen LogP contribution in [-0.2, 0) is 0 Å². The van der Waals surface area contributed by atoms with Crippen molar-refractivity contribution in [3.05, 3.63) is 10.4 Å². The van der Waals surface area contributed by atoms with E-state index in [1.807, 2.05) is 23.5 Å². The summed E-state index contributed by atoms with van der Waals surface area (Å²) in [5, 5.41) is 0.590. The molecule has 0 bridgehead atoms. The van der Waals surface area contributed by atoms with Crippen LogP contribution in [-0.4, -0.2) is 56.3 Å². The van der Waals surface area contributed by atoms with Crippen LogP contribution in [0.1, 0.15) is 0 Å². The van der Waals surface area contributed by atoms with Crippen molar-refractivity contribution in [2.45, 2.75) is 0 Å². The monoisotopic (exact) mass is 374 g/mol. The zero-order valence-electron chi connectivity index (χ0n) is 11.5. The van der Waals surface area contributed by atoms with Crippen LogP contribution >= 0.6 is 46.7 Å². The molecule has 0 amide bonds. The lowest BCUT2D eigenvalue weighted by Crippen LogP contribution is -2.22. The van der Waals surface area contributed by atoms with Gasteiger partial charge in [0.1, 0.15) is 0 Å². The van der Waals surface area contributed by atoms with Crippen molar-refractivity contribution in [3.8, 4) is 0 Å². The van der Waals surface area contributed by atoms with Gasteiger partial charge in [0.15, 0.2) is 28.0 Å². The van der Waals surface area contributed by atoms with Crippen LogP contribution in [0, 0.1) is 0 Å². The molecule has 2 fully saturated rings. The molecule has 0 atom stereocenters. The molecular weight excluding hydrogens is 363 g/mol. The van der Waals surface area contributed by atoms with Crippen LogP contribution in [0.4, 0.5) is 11.6 Å². The Morgan fingerprint density at radius 2 is 1.50 bits per heavy atom. The van der Waals surface area contributed by atoms with Crippen LogP contribution < -0.4 is 9.80 Å². The summed E-state index contributed by atoms with van der Waals surface area (Å²) in [5.74, 6) is 5.26. The van der Waals surface area contributed by atoms with E-state index in [-0.39, 0.29) is 5.28 Å². The van der Waals surface area contributed by atoms with Crippen LogP contribution in [0.2, 0.25) is 10.4 Å². The molecule has 2 aromatic rings. The van der Waals surface area contributed by atoms with Gasteiger partial charge < -0.3 is 9.80 Å². The highest BCUT2D eigenvalue weighted by atomic mass is 35.5. The third kappa shape index (κ3) is 2.66. The molecule has 22 heavy (non-hydrogen) atoms.